The van der Waals surface area contributed by atoms with E-state index in [0.29, 0.717) is 11.4 Å². The molecule has 0 saturated carbocycles. The van der Waals surface area contributed by atoms with Gasteiger partial charge >= 0.3 is 0 Å². The average molecular weight is 431 g/mol. The highest BCUT2D eigenvalue weighted by Gasteiger charge is 2.16. The molecule has 2 aromatic rings. The molecule has 0 aliphatic carbocycles. The maximum atomic E-state index is 14.4. The molecule has 0 bridgehead atoms. The summed E-state index contributed by atoms with van der Waals surface area (Å²) >= 11 is 0. The van der Waals surface area contributed by atoms with Gasteiger partial charge in [0.2, 0.25) is 5.82 Å². The van der Waals surface area contributed by atoms with E-state index in [0.717, 1.165) is 32.3 Å². The predicted molar refractivity (Wildman–Crippen MR) is 121 cm³/mol. The van der Waals surface area contributed by atoms with Gasteiger partial charge in [0.25, 0.3) is 0 Å². The van der Waals surface area contributed by atoms with E-state index < -0.39 is 11.6 Å². The first kappa shape index (κ1) is 24.7. The minimum Gasteiger partial charge on any atom is -0.486 e. The van der Waals surface area contributed by atoms with Crippen LogP contribution in [0.25, 0.3) is 17.2 Å². The molecular weight excluding hydrogens is 398 g/mol. The van der Waals surface area contributed by atoms with E-state index >= 15 is 0 Å². The van der Waals surface area contributed by atoms with Crippen molar-refractivity contribution in [3.8, 4) is 16.9 Å². The number of hydrogen-bond donors (Lipinski definition) is 0. The number of halogens is 2. The fraction of sp³-hybridized carbons (Fsp3) is 0.440. The van der Waals surface area contributed by atoms with Crippen molar-refractivity contribution in [2.75, 3.05) is 13.2 Å². The molecule has 6 heteroatoms. The van der Waals surface area contributed by atoms with E-state index in [1.54, 1.807) is 0 Å². The van der Waals surface area contributed by atoms with Crippen molar-refractivity contribution in [1.29, 1.82) is 0 Å². The molecule has 1 aromatic heterocycles. The molecule has 2 rings (SSSR count). The zero-order chi connectivity index (χ0) is 22.5. The standard InChI is InChI=1S/C25H32F2N2O2/c1-4-6-10-16-30-19(3)11-8-7-9-12-23-28-17-20(18-29-23)21-13-14-22(31-15-5-2)25(27)24(21)26/h5,9,12-14,17-19H,2,4,6-8,10-11,15-16H2,1,3H3. The van der Waals surface area contributed by atoms with Crippen LogP contribution in [0.5, 0.6) is 5.75 Å². The smallest absolute Gasteiger partial charge is 0.201 e. The van der Waals surface area contributed by atoms with Crippen LogP contribution in [0.4, 0.5) is 8.78 Å². The van der Waals surface area contributed by atoms with E-state index in [1.165, 1.54) is 43.4 Å². The summed E-state index contributed by atoms with van der Waals surface area (Å²) in [6, 6.07) is 2.84. The third-order valence-electron chi connectivity index (χ3n) is 4.79. The summed E-state index contributed by atoms with van der Waals surface area (Å²) in [5.41, 5.74) is 0.491. The van der Waals surface area contributed by atoms with Gasteiger partial charge in [-0.05, 0) is 50.8 Å². The molecule has 0 spiro atoms. The van der Waals surface area contributed by atoms with Gasteiger partial charge in [-0.3, -0.25) is 0 Å². The molecular formula is C25H32F2N2O2. The summed E-state index contributed by atoms with van der Waals surface area (Å²) in [5, 5.41) is 0. The van der Waals surface area contributed by atoms with Crippen molar-refractivity contribution in [2.24, 2.45) is 0 Å². The van der Waals surface area contributed by atoms with Crippen molar-refractivity contribution in [1.82, 2.24) is 9.97 Å². The molecule has 1 aromatic carbocycles. The minimum atomic E-state index is -1.04. The Morgan fingerprint density at radius 2 is 1.87 bits per heavy atom. The first-order valence-electron chi connectivity index (χ1n) is 10.9. The number of benzene rings is 1. The van der Waals surface area contributed by atoms with Gasteiger partial charge in [-0.15, -0.1) is 0 Å². The Morgan fingerprint density at radius 3 is 2.58 bits per heavy atom. The number of nitrogens with zero attached hydrogens (tertiary/aromatic N) is 2. The maximum Gasteiger partial charge on any atom is 0.201 e. The van der Waals surface area contributed by atoms with E-state index in [2.05, 4.69) is 30.4 Å². The average Bonchev–Trinajstić information content (AvgIpc) is 2.78. The molecule has 1 atom stereocenters. The normalized spacial score (nSPS) is 12.3. The number of hydrogen-bond acceptors (Lipinski definition) is 4. The molecule has 0 radical (unpaired) electrons. The van der Waals surface area contributed by atoms with E-state index in [-0.39, 0.29) is 24.0 Å². The zero-order valence-electron chi connectivity index (χ0n) is 18.4. The summed E-state index contributed by atoms with van der Waals surface area (Å²) in [5.74, 6) is -1.65. The van der Waals surface area contributed by atoms with Crippen LogP contribution in [0.3, 0.4) is 0 Å². The highest BCUT2D eigenvalue weighted by atomic mass is 19.2. The van der Waals surface area contributed by atoms with Crippen molar-refractivity contribution >= 4 is 6.08 Å². The third kappa shape index (κ3) is 8.21. The highest BCUT2D eigenvalue weighted by Crippen LogP contribution is 2.29. The predicted octanol–water partition coefficient (Wildman–Crippen LogP) is 6.77. The van der Waals surface area contributed by atoms with Gasteiger partial charge in [-0.2, -0.15) is 4.39 Å². The largest absolute Gasteiger partial charge is 0.486 e. The number of allylic oxidation sites excluding steroid dienone is 1. The van der Waals surface area contributed by atoms with Gasteiger partial charge < -0.3 is 9.47 Å². The van der Waals surface area contributed by atoms with Crippen LogP contribution in [-0.2, 0) is 4.74 Å². The summed E-state index contributed by atoms with van der Waals surface area (Å²) in [7, 11) is 0. The van der Waals surface area contributed by atoms with Gasteiger partial charge in [0.15, 0.2) is 17.4 Å². The molecule has 1 heterocycles. The molecule has 0 fully saturated rings. The quantitative estimate of drug-likeness (QED) is 0.245. The van der Waals surface area contributed by atoms with Crippen molar-refractivity contribution in [3.63, 3.8) is 0 Å². The first-order chi connectivity index (χ1) is 15.1. The first-order valence-corrected chi connectivity index (χ1v) is 10.9. The highest BCUT2D eigenvalue weighted by molar-refractivity contribution is 5.64. The van der Waals surface area contributed by atoms with Crippen LogP contribution < -0.4 is 4.74 Å². The molecule has 168 valence electrons. The summed E-state index contributed by atoms with van der Waals surface area (Å²) in [4.78, 5) is 8.46. The van der Waals surface area contributed by atoms with Crippen LogP contribution in [0.1, 0.15) is 58.2 Å². The van der Waals surface area contributed by atoms with Crippen molar-refractivity contribution < 1.29 is 18.3 Å². The molecule has 0 N–H and O–H groups in total. The van der Waals surface area contributed by atoms with E-state index in [1.807, 2.05) is 12.2 Å². The molecule has 1 unspecified atom stereocenters. The van der Waals surface area contributed by atoms with Gasteiger partial charge in [0.1, 0.15) is 6.61 Å². The fourth-order valence-electron chi connectivity index (χ4n) is 3.01. The lowest BCUT2D eigenvalue weighted by atomic mass is 10.1. The van der Waals surface area contributed by atoms with Crippen molar-refractivity contribution in [2.45, 2.75) is 58.5 Å². The van der Waals surface area contributed by atoms with Gasteiger partial charge in [0, 0.05) is 30.1 Å². The van der Waals surface area contributed by atoms with E-state index in [9.17, 15) is 8.78 Å². The SMILES string of the molecule is C=CCOc1ccc(-c2cnc(C=CCCCC(C)OCCCCC)nc2)c(F)c1F. The Morgan fingerprint density at radius 1 is 1.10 bits per heavy atom. The summed E-state index contributed by atoms with van der Waals surface area (Å²) < 4.78 is 39.4. The second kappa shape index (κ2) is 13.7. The second-order valence-electron chi connectivity index (χ2n) is 7.39. The molecule has 0 saturated heterocycles. The topological polar surface area (TPSA) is 44.2 Å². The van der Waals surface area contributed by atoms with Gasteiger partial charge in [-0.1, -0.05) is 38.5 Å². The van der Waals surface area contributed by atoms with Crippen LogP contribution in [0.15, 0.2) is 43.3 Å². The van der Waals surface area contributed by atoms with E-state index in [4.69, 9.17) is 9.47 Å². The van der Waals surface area contributed by atoms with Gasteiger partial charge in [-0.25, -0.2) is 14.4 Å². The Hall–Kier alpha value is -2.60. The molecule has 0 aliphatic rings. The lowest BCUT2D eigenvalue weighted by Gasteiger charge is -2.11. The second-order valence-corrected chi connectivity index (χ2v) is 7.39. The minimum absolute atomic E-state index is 0.0897. The number of aromatic nitrogens is 2. The Kier molecular flexibility index (Phi) is 10.9. The maximum absolute atomic E-state index is 14.4. The molecule has 4 nitrogen and oxygen atoms in total. The monoisotopic (exact) mass is 430 g/mol. The Labute approximate surface area is 184 Å². The number of ether oxygens (including phenoxy) is 2. The number of unbranched alkanes of at least 4 members (excludes halogenated alkanes) is 3. The van der Waals surface area contributed by atoms with Crippen LogP contribution in [0, 0.1) is 11.6 Å². The summed E-state index contributed by atoms with van der Waals surface area (Å²) in [6.07, 6.45) is 15.0. The molecule has 0 amide bonds. The van der Waals surface area contributed by atoms with Crippen molar-refractivity contribution in [3.05, 3.63) is 60.7 Å². The summed E-state index contributed by atoms with van der Waals surface area (Å²) in [6.45, 7) is 8.72. The third-order valence-corrected chi connectivity index (χ3v) is 4.79. The van der Waals surface area contributed by atoms with Crippen LogP contribution >= 0.6 is 0 Å². The van der Waals surface area contributed by atoms with Gasteiger partial charge in [0.05, 0.1) is 6.10 Å². The lowest BCUT2D eigenvalue weighted by Crippen LogP contribution is -2.08. The Balaban J connectivity index is 1.84. The Bertz CT molecular complexity index is 838. The van der Waals surface area contributed by atoms with Crippen LogP contribution in [-0.4, -0.2) is 29.3 Å². The fourth-order valence-corrected chi connectivity index (χ4v) is 3.01. The zero-order valence-corrected chi connectivity index (χ0v) is 18.4. The molecule has 0 aliphatic heterocycles. The molecule has 31 heavy (non-hydrogen) atoms. The van der Waals surface area contributed by atoms with Crippen LogP contribution in [0.2, 0.25) is 0 Å². The lowest BCUT2D eigenvalue weighted by molar-refractivity contribution is 0.0566. The number of rotatable bonds is 14.